The molecule has 1 aliphatic rings. The highest BCUT2D eigenvalue weighted by Crippen LogP contribution is 2.39. The molecule has 24 heavy (non-hydrogen) atoms. The maximum atomic E-state index is 11.8. The summed E-state index contributed by atoms with van der Waals surface area (Å²) in [5.41, 5.74) is 2.01. The quantitative estimate of drug-likeness (QED) is 0.725. The molecular formula is C17H23NO6. The van der Waals surface area contributed by atoms with Crippen LogP contribution in [0.4, 0.5) is 0 Å². The van der Waals surface area contributed by atoms with Crippen LogP contribution in [0.2, 0.25) is 0 Å². The van der Waals surface area contributed by atoms with E-state index in [1.54, 1.807) is 14.2 Å². The average Bonchev–Trinajstić information content (AvgIpc) is 2.61. The molecule has 0 bridgehead atoms. The van der Waals surface area contributed by atoms with Crippen LogP contribution in [0.3, 0.4) is 0 Å². The number of esters is 2. The first-order valence-corrected chi connectivity index (χ1v) is 7.66. The molecule has 0 saturated heterocycles. The Balaban J connectivity index is 2.41. The summed E-state index contributed by atoms with van der Waals surface area (Å²) in [6.45, 7) is 0.755. The molecule has 132 valence electrons. The third-order valence-corrected chi connectivity index (χ3v) is 4.26. The molecule has 7 nitrogen and oxygen atoms in total. The number of hydrogen-bond donors (Lipinski definition) is 0. The Labute approximate surface area is 141 Å². The molecule has 0 amide bonds. The van der Waals surface area contributed by atoms with Gasteiger partial charge in [-0.05, 0) is 29.7 Å². The van der Waals surface area contributed by atoms with Crippen molar-refractivity contribution in [2.24, 2.45) is 0 Å². The van der Waals surface area contributed by atoms with Crippen LogP contribution >= 0.6 is 0 Å². The third-order valence-electron chi connectivity index (χ3n) is 4.26. The summed E-state index contributed by atoms with van der Waals surface area (Å²) in [6.07, 6.45) is 0.889. The predicted octanol–water partition coefficient (Wildman–Crippen LogP) is 1.34. The van der Waals surface area contributed by atoms with Crippen LogP contribution in [-0.2, 0) is 25.5 Å². The SMILES string of the molecule is COC(=O)C[C@H]1c2cc(OC)c(OC)cc2CCN1CC(=O)OC. The molecule has 0 saturated carbocycles. The van der Waals surface area contributed by atoms with E-state index in [9.17, 15) is 9.59 Å². The van der Waals surface area contributed by atoms with E-state index in [1.807, 2.05) is 17.0 Å². The highest BCUT2D eigenvalue weighted by atomic mass is 16.5. The second-order valence-electron chi connectivity index (χ2n) is 5.50. The van der Waals surface area contributed by atoms with Crippen LogP contribution in [0.5, 0.6) is 11.5 Å². The summed E-state index contributed by atoms with van der Waals surface area (Å²) in [7, 11) is 5.85. The van der Waals surface area contributed by atoms with E-state index in [0.717, 1.165) is 17.5 Å². The van der Waals surface area contributed by atoms with Crippen molar-refractivity contribution in [2.45, 2.75) is 18.9 Å². The van der Waals surface area contributed by atoms with Gasteiger partial charge in [-0.15, -0.1) is 0 Å². The number of hydrogen-bond acceptors (Lipinski definition) is 7. The number of rotatable bonds is 6. The minimum Gasteiger partial charge on any atom is -0.493 e. The average molecular weight is 337 g/mol. The van der Waals surface area contributed by atoms with Crippen LogP contribution in [0, 0.1) is 0 Å². The first kappa shape index (κ1) is 18.1. The molecule has 0 N–H and O–H groups in total. The molecule has 2 rings (SSSR count). The zero-order valence-corrected chi connectivity index (χ0v) is 14.5. The van der Waals surface area contributed by atoms with E-state index in [1.165, 1.54) is 14.2 Å². The predicted molar refractivity (Wildman–Crippen MR) is 86.2 cm³/mol. The van der Waals surface area contributed by atoms with Gasteiger partial charge in [0.1, 0.15) is 0 Å². The van der Waals surface area contributed by atoms with Gasteiger partial charge in [0.25, 0.3) is 0 Å². The number of methoxy groups -OCH3 is 4. The van der Waals surface area contributed by atoms with Gasteiger partial charge in [0.05, 0.1) is 41.4 Å². The second-order valence-corrected chi connectivity index (χ2v) is 5.50. The van der Waals surface area contributed by atoms with Crippen LogP contribution in [-0.4, -0.2) is 58.4 Å². The molecule has 1 heterocycles. The molecule has 1 aromatic carbocycles. The molecule has 7 heteroatoms. The second kappa shape index (κ2) is 8.01. The molecule has 1 aliphatic heterocycles. The Morgan fingerprint density at radius 3 is 2.25 bits per heavy atom. The number of nitrogens with zero attached hydrogens (tertiary/aromatic N) is 1. The van der Waals surface area contributed by atoms with E-state index in [4.69, 9.17) is 18.9 Å². The smallest absolute Gasteiger partial charge is 0.319 e. The van der Waals surface area contributed by atoms with Gasteiger partial charge < -0.3 is 18.9 Å². The topological polar surface area (TPSA) is 74.3 Å². The Hall–Kier alpha value is -2.28. The van der Waals surface area contributed by atoms with E-state index < -0.39 is 0 Å². The number of ether oxygens (including phenoxy) is 4. The normalized spacial score (nSPS) is 16.9. The fourth-order valence-corrected chi connectivity index (χ4v) is 2.98. The highest BCUT2D eigenvalue weighted by Gasteiger charge is 2.32. The van der Waals surface area contributed by atoms with Gasteiger partial charge in [-0.2, -0.15) is 0 Å². The minimum atomic E-state index is -0.339. The molecule has 0 unspecified atom stereocenters. The number of carbonyl (C=O) groups is 2. The monoisotopic (exact) mass is 337 g/mol. The fraction of sp³-hybridized carbons (Fsp3) is 0.529. The van der Waals surface area contributed by atoms with Crippen LogP contribution in [0.15, 0.2) is 12.1 Å². The van der Waals surface area contributed by atoms with Gasteiger partial charge in [-0.25, -0.2) is 0 Å². The van der Waals surface area contributed by atoms with Gasteiger partial charge in [0, 0.05) is 12.6 Å². The summed E-state index contributed by atoms with van der Waals surface area (Å²) in [4.78, 5) is 25.5. The van der Waals surface area contributed by atoms with E-state index in [2.05, 4.69) is 0 Å². The third kappa shape index (κ3) is 3.79. The number of benzene rings is 1. The first-order chi connectivity index (χ1) is 11.5. The van der Waals surface area contributed by atoms with Crippen molar-refractivity contribution in [3.63, 3.8) is 0 Å². The van der Waals surface area contributed by atoms with Gasteiger partial charge >= 0.3 is 11.9 Å². The summed E-state index contributed by atoms with van der Waals surface area (Å²) < 4.78 is 20.3. The van der Waals surface area contributed by atoms with E-state index in [0.29, 0.717) is 18.0 Å². The van der Waals surface area contributed by atoms with Crippen molar-refractivity contribution in [1.29, 1.82) is 0 Å². The molecule has 0 aromatic heterocycles. The zero-order chi connectivity index (χ0) is 17.7. The largest absolute Gasteiger partial charge is 0.493 e. The van der Waals surface area contributed by atoms with Gasteiger partial charge in [0.2, 0.25) is 0 Å². The lowest BCUT2D eigenvalue weighted by Crippen LogP contribution is -2.40. The highest BCUT2D eigenvalue weighted by molar-refractivity contribution is 5.73. The Morgan fingerprint density at radius 1 is 1.04 bits per heavy atom. The molecule has 0 spiro atoms. The Bertz CT molecular complexity index is 615. The number of fused-ring (bicyclic) bond motifs is 1. The molecule has 0 aliphatic carbocycles. The molecule has 0 fully saturated rings. The Kier molecular flexibility index (Phi) is 6.03. The van der Waals surface area contributed by atoms with Crippen molar-refractivity contribution in [1.82, 2.24) is 4.90 Å². The van der Waals surface area contributed by atoms with Crippen molar-refractivity contribution in [3.05, 3.63) is 23.3 Å². The van der Waals surface area contributed by atoms with Crippen LogP contribution in [0.25, 0.3) is 0 Å². The molecule has 1 aromatic rings. The standard InChI is InChI=1S/C17H23NO6/c1-21-14-7-11-5-6-18(10-17(20)24-4)13(9-16(19)23-3)12(11)8-15(14)22-2/h7-8,13H,5-6,9-10H2,1-4H3/t13-/m0/s1. The summed E-state index contributed by atoms with van der Waals surface area (Å²) in [5, 5.41) is 0. The summed E-state index contributed by atoms with van der Waals surface area (Å²) >= 11 is 0. The van der Waals surface area contributed by atoms with E-state index >= 15 is 0 Å². The molecular weight excluding hydrogens is 314 g/mol. The van der Waals surface area contributed by atoms with Crippen molar-refractivity contribution >= 4 is 11.9 Å². The zero-order valence-electron chi connectivity index (χ0n) is 14.5. The van der Waals surface area contributed by atoms with Gasteiger partial charge in [-0.3, -0.25) is 14.5 Å². The van der Waals surface area contributed by atoms with Gasteiger partial charge in [-0.1, -0.05) is 0 Å². The van der Waals surface area contributed by atoms with Crippen molar-refractivity contribution in [3.8, 4) is 11.5 Å². The van der Waals surface area contributed by atoms with Crippen LogP contribution < -0.4 is 9.47 Å². The molecule has 0 radical (unpaired) electrons. The lowest BCUT2D eigenvalue weighted by atomic mass is 9.90. The van der Waals surface area contributed by atoms with Gasteiger partial charge in [0.15, 0.2) is 11.5 Å². The van der Waals surface area contributed by atoms with Crippen molar-refractivity contribution in [2.75, 3.05) is 41.5 Å². The van der Waals surface area contributed by atoms with Crippen molar-refractivity contribution < 1.29 is 28.5 Å². The fourth-order valence-electron chi connectivity index (χ4n) is 2.98. The first-order valence-electron chi connectivity index (χ1n) is 7.66. The number of carbonyl (C=O) groups excluding carboxylic acids is 2. The minimum absolute atomic E-state index is 0.117. The summed E-state index contributed by atoms with van der Waals surface area (Å²) in [5.74, 6) is 0.562. The summed E-state index contributed by atoms with van der Waals surface area (Å²) in [6, 6.07) is 3.51. The Morgan fingerprint density at radius 2 is 1.67 bits per heavy atom. The van der Waals surface area contributed by atoms with Crippen LogP contribution in [0.1, 0.15) is 23.6 Å². The lowest BCUT2D eigenvalue weighted by molar-refractivity contribution is -0.146. The molecule has 1 atom stereocenters. The maximum absolute atomic E-state index is 11.8. The van der Waals surface area contributed by atoms with E-state index in [-0.39, 0.29) is 30.9 Å². The maximum Gasteiger partial charge on any atom is 0.319 e. The lowest BCUT2D eigenvalue weighted by Gasteiger charge is -2.36.